The molecule has 0 unspecified atom stereocenters. The average molecular weight is 165 g/mol. The highest BCUT2D eigenvalue weighted by Gasteiger charge is 2.17. The second-order valence-electron chi connectivity index (χ2n) is 2.98. The second-order valence-corrected chi connectivity index (χ2v) is 2.98. The van der Waals surface area contributed by atoms with Gasteiger partial charge in [-0.15, -0.1) is 0 Å². The summed E-state index contributed by atoms with van der Waals surface area (Å²) >= 11 is 0. The number of rotatable bonds is 0. The number of hydrogen-bond acceptors (Lipinski definition) is 3. The summed E-state index contributed by atoms with van der Waals surface area (Å²) in [5, 5.41) is 4.08. The molecule has 0 radical (unpaired) electrons. The van der Waals surface area contributed by atoms with Gasteiger partial charge in [0.05, 0.1) is 6.54 Å². The van der Waals surface area contributed by atoms with Crippen LogP contribution in [0.4, 0.5) is 0 Å². The summed E-state index contributed by atoms with van der Waals surface area (Å²) in [4.78, 5) is 4.13. The molecular formula is C8H11N3O. The lowest BCUT2D eigenvalue weighted by atomic mass is 10.2. The second kappa shape index (κ2) is 2.62. The smallest absolute Gasteiger partial charge is 0.193 e. The Balaban J connectivity index is 2.52. The lowest BCUT2D eigenvalue weighted by Gasteiger charge is -2.17. The normalized spacial score (nSPS) is 15.3. The Morgan fingerprint density at radius 1 is 1.58 bits per heavy atom. The topological polar surface area (TPSA) is 39.9 Å². The first kappa shape index (κ1) is 7.34. The molecule has 12 heavy (non-hydrogen) atoms. The minimum Gasteiger partial charge on any atom is -0.488 e. The molecule has 1 aliphatic rings. The first-order chi connectivity index (χ1) is 5.79. The number of allylic oxidation sites excluding steroid dienone is 1. The summed E-state index contributed by atoms with van der Waals surface area (Å²) < 4.78 is 7.35. The Morgan fingerprint density at radius 3 is 3.17 bits per heavy atom. The van der Waals surface area contributed by atoms with Gasteiger partial charge in [-0.1, -0.05) is 0 Å². The Bertz CT molecular complexity index is 323. The maximum Gasteiger partial charge on any atom is 0.193 e. The number of fused-ring (bicyclic) bond motifs is 1. The molecule has 0 aliphatic carbocycles. The van der Waals surface area contributed by atoms with Crippen molar-refractivity contribution in [2.45, 2.75) is 20.4 Å². The van der Waals surface area contributed by atoms with E-state index >= 15 is 0 Å². The predicted octanol–water partition coefficient (Wildman–Crippen LogP) is 1.06. The maximum absolute atomic E-state index is 5.48. The van der Waals surface area contributed by atoms with Crippen molar-refractivity contribution >= 4 is 5.76 Å². The van der Waals surface area contributed by atoms with Crippen molar-refractivity contribution in [3.63, 3.8) is 0 Å². The molecule has 0 amide bonds. The van der Waals surface area contributed by atoms with E-state index in [9.17, 15) is 0 Å². The predicted molar refractivity (Wildman–Crippen MR) is 44.2 cm³/mol. The average Bonchev–Trinajstić information content (AvgIpc) is 2.49. The summed E-state index contributed by atoms with van der Waals surface area (Å²) in [6, 6.07) is 0. The van der Waals surface area contributed by atoms with E-state index < -0.39 is 0 Å². The largest absolute Gasteiger partial charge is 0.488 e. The van der Waals surface area contributed by atoms with Crippen LogP contribution in [0.1, 0.15) is 19.7 Å². The summed E-state index contributed by atoms with van der Waals surface area (Å²) in [6.45, 7) is 5.52. The first-order valence-electron chi connectivity index (χ1n) is 3.97. The molecule has 2 heterocycles. The van der Waals surface area contributed by atoms with E-state index in [0.29, 0.717) is 6.61 Å². The number of aromatic nitrogens is 3. The van der Waals surface area contributed by atoms with Gasteiger partial charge in [-0.2, -0.15) is 5.10 Å². The molecule has 0 bridgehead atoms. The molecule has 2 rings (SSSR count). The summed E-state index contributed by atoms with van der Waals surface area (Å²) in [7, 11) is 0. The number of nitrogens with zero attached hydrogens (tertiary/aromatic N) is 3. The highest BCUT2D eigenvalue weighted by atomic mass is 16.5. The fraction of sp³-hybridized carbons (Fsp3) is 0.500. The third kappa shape index (κ3) is 0.995. The maximum atomic E-state index is 5.48. The lowest BCUT2D eigenvalue weighted by molar-refractivity contribution is 0.225. The van der Waals surface area contributed by atoms with Gasteiger partial charge in [0, 0.05) is 0 Å². The highest BCUT2D eigenvalue weighted by Crippen LogP contribution is 2.20. The quantitative estimate of drug-likeness (QED) is 0.577. The SMILES string of the molecule is CC(C)=C1OCCn2ncnc21. The van der Waals surface area contributed by atoms with Crippen molar-refractivity contribution in [2.24, 2.45) is 0 Å². The third-order valence-corrected chi connectivity index (χ3v) is 1.82. The van der Waals surface area contributed by atoms with E-state index in [2.05, 4.69) is 10.1 Å². The minimum atomic E-state index is 0.691. The molecule has 0 fully saturated rings. The van der Waals surface area contributed by atoms with Crippen LogP contribution in [0.5, 0.6) is 0 Å². The van der Waals surface area contributed by atoms with E-state index in [-0.39, 0.29) is 0 Å². The molecule has 1 aromatic rings. The van der Waals surface area contributed by atoms with Crippen molar-refractivity contribution in [2.75, 3.05) is 6.61 Å². The molecular weight excluding hydrogens is 154 g/mol. The molecule has 64 valence electrons. The van der Waals surface area contributed by atoms with Gasteiger partial charge in [0.15, 0.2) is 11.6 Å². The molecule has 0 saturated carbocycles. The highest BCUT2D eigenvalue weighted by molar-refractivity contribution is 5.56. The Hall–Kier alpha value is -1.32. The van der Waals surface area contributed by atoms with Gasteiger partial charge in [0.25, 0.3) is 0 Å². The van der Waals surface area contributed by atoms with Crippen molar-refractivity contribution in [3.05, 3.63) is 17.7 Å². The molecule has 0 atom stereocenters. The zero-order valence-electron chi connectivity index (χ0n) is 7.24. The van der Waals surface area contributed by atoms with Crippen LogP contribution in [-0.2, 0) is 11.3 Å². The van der Waals surface area contributed by atoms with Crippen molar-refractivity contribution < 1.29 is 4.74 Å². The zero-order valence-corrected chi connectivity index (χ0v) is 7.24. The van der Waals surface area contributed by atoms with Crippen LogP contribution in [0.15, 0.2) is 11.9 Å². The van der Waals surface area contributed by atoms with Crippen LogP contribution < -0.4 is 0 Å². The van der Waals surface area contributed by atoms with Crippen LogP contribution in [0, 0.1) is 0 Å². The van der Waals surface area contributed by atoms with Gasteiger partial charge in [-0.05, 0) is 19.4 Å². The van der Waals surface area contributed by atoms with Gasteiger partial charge >= 0.3 is 0 Å². The van der Waals surface area contributed by atoms with Crippen molar-refractivity contribution in [1.82, 2.24) is 14.8 Å². The van der Waals surface area contributed by atoms with Crippen LogP contribution in [-0.4, -0.2) is 21.4 Å². The van der Waals surface area contributed by atoms with Gasteiger partial charge in [-0.25, -0.2) is 9.67 Å². The van der Waals surface area contributed by atoms with Gasteiger partial charge < -0.3 is 4.74 Å². The Morgan fingerprint density at radius 2 is 2.42 bits per heavy atom. The van der Waals surface area contributed by atoms with Gasteiger partial charge in [0.2, 0.25) is 0 Å². The minimum absolute atomic E-state index is 0.691. The summed E-state index contributed by atoms with van der Waals surface area (Å²) in [5.41, 5.74) is 1.14. The molecule has 0 N–H and O–H groups in total. The number of ether oxygens (including phenoxy) is 1. The fourth-order valence-electron chi connectivity index (χ4n) is 1.27. The molecule has 0 saturated heterocycles. The lowest BCUT2D eigenvalue weighted by Crippen LogP contribution is -2.17. The molecule has 0 spiro atoms. The monoisotopic (exact) mass is 165 g/mol. The third-order valence-electron chi connectivity index (χ3n) is 1.82. The summed E-state index contributed by atoms with van der Waals surface area (Å²) in [6.07, 6.45) is 1.56. The van der Waals surface area contributed by atoms with E-state index in [0.717, 1.165) is 23.7 Å². The fourth-order valence-corrected chi connectivity index (χ4v) is 1.27. The van der Waals surface area contributed by atoms with E-state index in [1.54, 1.807) is 6.33 Å². The standard InChI is InChI=1S/C8H11N3O/c1-6(2)7-8-9-5-10-11(8)3-4-12-7/h5H,3-4H2,1-2H3. The van der Waals surface area contributed by atoms with Crippen LogP contribution in [0.2, 0.25) is 0 Å². The van der Waals surface area contributed by atoms with E-state index in [1.165, 1.54) is 0 Å². The molecule has 0 aromatic carbocycles. The van der Waals surface area contributed by atoms with E-state index in [4.69, 9.17) is 4.74 Å². The Labute approximate surface area is 70.9 Å². The van der Waals surface area contributed by atoms with Crippen LogP contribution in [0.25, 0.3) is 5.76 Å². The van der Waals surface area contributed by atoms with Crippen LogP contribution in [0.3, 0.4) is 0 Å². The molecule has 4 nitrogen and oxygen atoms in total. The van der Waals surface area contributed by atoms with Crippen LogP contribution >= 0.6 is 0 Å². The van der Waals surface area contributed by atoms with E-state index in [1.807, 2.05) is 18.5 Å². The van der Waals surface area contributed by atoms with Gasteiger partial charge in [-0.3, -0.25) is 0 Å². The molecule has 1 aromatic heterocycles. The Kier molecular flexibility index (Phi) is 1.60. The first-order valence-corrected chi connectivity index (χ1v) is 3.97. The van der Waals surface area contributed by atoms with Crippen molar-refractivity contribution in [1.29, 1.82) is 0 Å². The van der Waals surface area contributed by atoms with Crippen molar-refractivity contribution in [3.8, 4) is 0 Å². The van der Waals surface area contributed by atoms with Gasteiger partial charge in [0.1, 0.15) is 12.9 Å². The molecule has 4 heteroatoms. The molecule has 1 aliphatic heterocycles. The zero-order chi connectivity index (χ0) is 8.55. The summed E-state index contributed by atoms with van der Waals surface area (Å²) in [5.74, 6) is 1.72. The number of hydrogen-bond donors (Lipinski definition) is 0.